The summed E-state index contributed by atoms with van der Waals surface area (Å²) in [5, 5.41) is 0. The van der Waals surface area contributed by atoms with Crippen LogP contribution in [-0.4, -0.2) is 23.3 Å². The molecule has 1 fully saturated rings. The van der Waals surface area contributed by atoms with Gasteiger partial charge in [-0.15, -0.1) is 0 Å². The fourth-order valence-corrected chi connectivity index (χ4v) is 4.05. The van der Waals surface area contributed by atoms with Gasteiger partial charge < -0.3 is 10.6 Å². The van der Waals surface area contributed by atoms with Crippen molar-refractivity contribution in [3.05, 3.63) is 35.4 Å². The number of benzene rings is 1. The molecular weight excluding hydrogens is 276 g/mol. The molecule has 1 aromatic carbocycles. The molecule has 0 spiro atoms. The molecule has 0 atom stereocenters. The Balaban J connectivity index is 1.68. The highest BCUT2D eigenvalue weighted by Gasteiger charge is 2.38. The summed E-state index contributed by atoms with van der Waals surface area (Å²) in [5.41, 5.74) is 7.82. The third-order valence-corrected chi connectivity index (χ3v) is 5.22. The molecule has 1 heterocycles. The van der Waals surface area contributed by atoms with Crippen molar-refractivity contribution in [2.75, 3.05) is 6.54 Å². The lowest BCUT2D eigenvalue weighted by atomic mass is 9.78. The minimum atomic E-state index is -0.279. The maximum absolute atomic E-state index is 12.7. The molecule has 1 aliphatic heterocycles. The van der Waals surface area contributed by atoms with Gasteiger partial charge in [0.15, 0.2) is 0 Å². The topological polar surface area (TPSA) is 63.4 Å². The van der Waals surface area contributed by atoms with E-state index in [0.29, 0.717) is 19.4 Å². The molecule has 4 nitrogen and oxygen atoms in total. The first kappa shape index (κ1) is 15.1. The molecule has 22 heavy (non-hydrogen) atoms. The van der Waals surface area contributed by atoms with E-state index >= 15 is 0 Å². The van der Waals surface area contributed by atoms with E-state index < -0.39 is 0 Å². The quantitative estimate of drug-likeness (QED) is 0.928. The van der Waals surface area contributed by atoms with Crippen LogP contribution in [0.3, 0.4) is 0 Å². The Bertz CT molecular complexity index is 576. The van der Waals surface area contributed by atoms with Crippen molar-refractivity contribution in [1.82, 2.24) is 4.90 Å². The van der Waals surface area contributed by atoms with Crippen LogP contribution >= 0.6 is 0 Å². The molecule has 118 valence electrons. The number of nitrogens with zero attached hydrogens (tertiary/aromatic N) is 1. The van der Waals surface area contributed by atoms with Gasteiger partial charge in [-0.05, 0) is 35.8 Å². The number of amides is 2. The Morgan fingerprint density at radius 1 is 1.09 bits per heavy atom. The minimum absolute atomic E-state index is 0.178. The monoisotopic (exact) mass is 300 g/mol. The molecule has 2 N–H and O–H groups in total. The molecule has 2 aliphatic rings. The Morgan fingerprint density at radius 2 is 1.77 bits per heavy atom. The van der Waals surface area contributed by atoms with Gasteiger partial charge in [0.05, 0.1) is 0 Å². The second-order valence-electron chi connectivity index (χ2n) is 6.86. The van der Waals surface area contributed by atoms with E-state index in [1.807, 2.05) is 11.0 Å². The van der Waals surface area contributed by atoms with Crippen molar-refractivity contribution in [3.8, 4) is 0 Å². The van der Waals surface area contributed by atoms with Crippen LogP contribution in [0.15, 0.2) is 24.3 Å². The SMILES string of the molecule is NC(=O)CC1(CC(=O)N2CCc3ccccc3C2)CCCC1. The molecule has 0 radical (unpaired) electrons. The highest BCUT2D eigenvalue weighted by molar-refractivity contribution is 5.80. The first-order chi connectivity index (χ1) is 10.6. The Hall–Kier alpha value is -1.84. The van der Waals surface area contributed by atoms with Crippen molar-refractivity contribution in [2.45, 2.75) is 51.5 Å². The van der Waals surface area contributed by atoms with Gasteiger partial charge in [0.25, 0.3) is 0 Å². The lowest BCUT2D eigenvalue weighted by molar-refractivity contribution is -0.135. The van der Waals surface area contributed by atoms with Crippen molar-refractivity contribution in [1.29, 1.82) is 0 Å². The van der Waals surface area contributed by atoms with Gasteiger partial charge in [0.1, 0.15) is 0 Å². The molecule has 0 aromatic heterocycles. The summed E-state index contributed by atoms with van der Waals surface area (Å²) in [6.45, 7) is 1.48. The molecule has 0 saturated heterocycles. The predicted octanol–water partition coefficient (Wildman–Crippen LogP) is 2.40. The molecule has 1 saturated carbocycles. The fourth-order valence-electron chi connectivity index (χ4n) is 4.05. The van der Waals surface area contributed by atoms with E-state index in [1.54, 1.807) is 0 Å². The van der Waals surface area contributed by atoms with E-state index in [2.05, 4.69) is 18.2 Å². The second kappa shape index (κ2) is 6.11. The highest BCUT2D eigenvalue weighted by atomic mass is 16.2. The summed E-state index contributed by atoms with van der Waals surface area (Å²) >= 11 is 0. The van der Waals surface area contributed by atoms with E-state index in [1.165, 1.54) is 11.1 Å². The van der Waals surface area contributed by atoms with Crippen molar-refractivity contribution in [3.63, 3.8) is 0 Å². The summed E-state index contributed by atoms with van der Waals surface area (Å²) < 4.78 is 0. The number of carbonyl (C=O) groups is 2. The molecular formula is C18H24N2O2. The van der Waals surface area contributed by atoms with Crippen LogP contribution in [0.5, 0.6) is 0 Å². The van der Waals surface area contributed by atoms with Gasteiger partial charge in [-0.1, -0.05) is 37.1 Å². The van der Waals surface area contributed by atoms with E-state index in [9.17, 15) is 9.59 Å². The largest absolute Gasteiger partial charge is 0.370 e. The summed E-state index contributed by atoms with van der Waals surface area (Å²) in [6, 6.07) is 8.32. The van der Waals surface area contributed by atoms with Gasteiger partial charge in [-0.3, -0.25) is 9.59 Å². The molecule has 1 aromatic rings. The number of fused-ring (bicyclic) bond motifs is 1. The van der Waals surface area contributed by atoms with Gasteiger partial charge in [0.2, 0.25) is 11.8 Å². The van der Waals surface area contributed by atoms with E-state index in [4.69, 9.17) is 5.73 Å². The normalized spacial score (nSPS) is 19.7. The third-order valence-electron chi connectivity index (χ3n) is 5.22. The van der Waals surface area contributed by atoms with Crippen molar-refractivity contribution < 1.29 is 9.59 Å². The van der Waals surface area contributed by atoms with Crippen LogP contribution in [0.25, 0.3) is 0 Å². The smallest absolute Gasteiger partial charge is 0.223 e. The van der Waals surface area contributed by atoms with Gasteiger partial charge in [-0.2, -0.15) is 0 Å². The Morgan fingerprint density at radius 3 is 2.45 bits per heavy atom. The molecule has 4 heteroatoms. The maximum Gasteiger partial charge on any atom is 0.223 e. The predicted molar refractivity (Wildman–Crippen MR) is 84.9 cm³/mol. The number of carbonyl (C=O) groups excluding carboxylic acids is 2. The first-order valence-corrected chi connectivity index (χ1v) is 8.21. The van der Waals surface area contributed by atoms with Gasteiger partial charge in [-0.25, -0.2) is 0 Å². The lowest BCUT2D eigenvalue weighted by Crippen LogP contribution is -2.39. The Kier molecular flexibility index (Phi) is 4.19. The number of rotatable bonds is 4. The number of hydrogen-bond donors (Lipinski definition) is 1. The number of primary amides is 1. The minimum Gasteiger partial charge on any atom is -0.370 e. The third kappa shape index (κ3) is 3.16. The fraction of sp³-hybridized carbons (Fsp3) is 0.556. The van der Waals surface area contributed by atoms with Gasteiger partial charge in [0, 0.05) is 25.9 Å². The number of hydrogen-bond acceptors (Lipinski definition) is 2. The van der Waals surface area contributed by atoms with Gasteiger partial charge >= 0.3 is 0 Å². The van der Waals surface area contributed by atoms with Crippen molar-refractivity contribution >= 4 is 11.8 Å². The Labute approximate surface area is 131 Å². The molecule has 0 unspecified atom stereocenters. The van der Waals surface area contributed by atoms with Crippen LogP contribution in [0.2, 0.25) is 0 Å². The maximum atomic E-state index is 12.7. The summed E-state index contributed by atoms with van der Waals surface area (Å²) in [7, 11) is 0. The van der Waals surface area contributed by atoms with Crippen LogP contribution in [0, 0.1) is 5.41 Å². The average Bonchev–Trinajstić information content (AvgIpc) is 2.94. The molecule has 0 bridgehead atoms. The van der Waals surface area contributed by atoms with Crippen LogP contribution in [0.1, 0.15) is 49.7 Å². The zero-order chi connectivity index (χ0) is 15.6. The van der Waals surface area contributed by atoms with E-state index in [0.717, 1.165) is 38.6 Å². The van der Waals surface area contributed by atoms with E-state index in [-0.39, 0.29) is 17.2 Å². The summed E-state index contributed by atoms with van der Waals surface area (Å²) in [5.74, 6) is -0.101. The molecule has 1 aliphatic carbocycles. The highest BCUT2D eigenvalue weighted by Crippen LogP contribution is 2.44. The lowest BCUT2D eigenvalue weighted by Gasteiger charge is -2.33. The zero-order valence-electron chi connectivity index (χ0n) is 13.0. The second-order valence-corrected chi connectivity index (χ2v) is 6.86. The average molecular weight is 300 g/mol. The summed E-state index contributed by atoms with van der Waals surface area (Å²) in [6.07, 6.45) is 5.84. The van der Waals surface area contributed by atoms with Crippen LogP contribution in [-0.2, 0) is 22.6 Å². The number of nitrogens with two attached hydrogens (primary N) is 1. The molecule has 3 rings (SSSR count). The first-order valence-electron chi connectivity index (χ1n) is 8.21. The molecule has 2 amide bonds. The van der Waals surface area contributed by atoms with Crippen LogP contribution < -0.4 is 5.73 Å². The zero-order valence-corrected chi connectivity index (χ0v) is 13.0. The summed E-state index contributed by atoms with van der Waals surface area (Å²) in [4.78, 5) is 26.1. The van der Waals surface area contributed by atoms with Crippen LogP contribution in [0.4, 0.5) is 0 Å². The standard InChI is InChI=1S/C18H24N2O2/c19-16(21)11-18(8-3-4-9-18)12-17(22)20-10-7-14-5-1-2-6-15(14)13-20/h1-2,5-6H,3-4,7-13H2,(H2,19,21). The van der Waals surface area contributed by atoms with Crippen molar-refractivity contribution in [2.24, 2.45) is 11.1 Å².